The van der Waals surface area contributed by atoms with Crippen molar-refractivity contribution in [1.29, 1.82) is 0 Å². The van der Waals surface area contributed by atoms with Gasteiger partial charge >= 0.3 is 0 Å². The Morgan fingerprint density at radius 3 is 2.53 bits per heavy atom. The maximum Gasteiger partial charge on any atom is 0.245 e. The molecule has 9 heteroatoms. The van der Waals surface area contributed by atoms with Gasteiger partial charge in [-0.2, -0.15) is 4.31 Å². The SMILES string of the molecule is C=CC(=O)NC1CC2CCN(S(=O)(=O)c3ccc(CC(=O)NCc4ccccc4)cc3)CC2O1. The van der Waals surface area contributed by atoms with Crippen LogP contribution >= 0.6 is 0 Å². The van der Waals surface area contributed by atoms with Crippen molar-refractivity contribution in [3.05, 3.63) is 78.4 Å². The van der Waals surface area contributed by atoms with Gasteiger partial charge in [0.05, 0.1) is 17.4 Å². The van der Waals surface area contributed by atoms with E-state index in [2.05, 4.69) is 17.2 Å². The average Bonchev–Trinajstić information content (AvgIpc) is 3.25. The predicted molar refractivity (Wildman–Crippen MR) is 127 cm³/mol. The highest BCUT2D eigenvalue weighted by Gasteiger charge is 2.42. The molecular weight excluding hydrogens is 454 g/mol. The molecule has 2 saturated heterocycles. The van der Waals surface area contributed by atoms with Crippen molar-refractivity contribution >= 4 is 21.8 Å². The topological polar surface area (TPSA) is 105 Å². The lowest BCUT2D eigenvalue weighted by Crippen LogP contribution is -2.45. The molecule has 34 heavy (non-hydrogen) atoms. The van der Waals surface area contributed by atoms with Crippen molar-refractivity contribution in [2.75, 3.05) is 13.1 Å². The second-order valence-electron chi connectivity index (χ2n) is 8.61. The third kappa shape index (κ3) is 5.72. The van der Waals surface area contributed by atoms with Crippen LogP contribution in [0.15, 0.2) is 72.1 Å². The summed E-state index contributed by atoms with van der Waals surface area (Å²) in [5.41, 5.74) is 1.75. The van der Waals surface area contributed by atoms with E-state index in [1.54, 1.807) is 24.3 Å². The molecule has 3 unspecified atom stereocenters. The minimum Gasteiger partial charge on any atom is -0.354 e. The normalized spacial score (nSPS) is 22.5. The van der Waals surface area contributed by atoms with Crippen LogP contribution in [0.5, 0.6) is 0 Å². The summed E-state index contributed by atoms with van der Waals surface area (Å²) in [4.78, 5) is 24.0. The van der Waals surface area contributed by atoms with Gasteiger partial charge in [0.1, 0.15) is 6.23 Å². The zero-order chi connectivity index (χ0) is 24.1. The molecule has 0 radical (unpaired) electrons. The summed E-state index contributed by atoms with van der Waals surface area (Å²) in [7, 11) is -3.69. The van der Waals surface area contributed by atoms with Gasteiger partial charge in [0.25, 0.3) is 0 Å². The number of nitrogens with one attached hydrogen (secondary N) is 2. The van der Waals surface area contributed by atoms with Gasteiger partial charge in [-0.25, -0.2) is 8.42 Å². The molecule has 180 valence electrons. The molecule has 0 aliphatic carbocycles. The quantitative estimate of drug-likeness (QED) is 0.559. The number of carbonyl (C=O) groups is 2. The molecule has 0 bridgehead atoms. The van der Waals surface area contributed by atoms with Crippen LogP contribution in [0, 0.1) is 5.92 Å². The number of piperidine rings is 1. The van der Waals surface area contributed by atoms with Gasteiger partial charge in [-0.3, -0.25) is 9.59 Å². The molecule has 2 fully saturated rings. The summed E-state index contributed by atoms with van der Waals surface area (Å²) in [5.74, 6) is -0.224. The van der Waals surface area contributed by atoms with Crippen molar-refractivity contribution in [1.82, 2.24) is 14.9 Å². The first-order chi connectivity index (χ1) is 16.3. The van der Waals surface area contributed by atoms with Crippen LogP contribution in [0.3, 0.4) is 0 Å². The summed E-state index contributed by atoms with van der Waals surface area (Å²) in [6.07, 6.45) is 2.02. The highest BCUT2D eigenvalue weighted by molar-refractivity contribution is 7.89. The Morgan fingerprint density at radius 2 is 1.82 bits per heavy atom. The summed E-state index contributed by atoms with van der Waals surface area (Å²) in [6.45, 7) is 4.53. The van der Waals surface area contributed by atoms with E-state index in [9.17, 15) is 18.0 Å². The van der Waals surface area contributed by atoms with E-state index in [4.69, 9.17) is 4.74 Å². The predicted octanol–water partition coefficient (Wildman–Crippen LogP) is 1.97. The van der Waals surface area contributed by atoms with Crippen LogP contribution in [0.25, 0.3) is 0 Å². The smallest absolute Gasteiger partial charge is 0.245 e. The first kappa shape index (κ1) is 24.1. The molecule has 2 aromatic carbocycles. The maximum atomic E-state index is 13.2. The summed E-state index contributed by atoms with van der Waals surface area (Å²) >= 11 is 0. The maximum absolute atomic E-state index is 13.2. The Morgan fingerprint density at radius 1 is 1.09 bits per heavy atom. The average molecular weight is 484 g/mol. The molecule has 2 heterocycles. The van der Waals surface area contributed by atoms with Crippen LogP contribution in [0.2, 0.25) is 0 Å². The van der Waals surface area contributed by atoms with Gasteiger partial charge < -0.3 is 15.4 Å². The Labute approximate surface area is 200 Å². The molecule has 3 atom stereocenters. The Bertz CT molecular complexity index is 1130. The van der Waals surface area contributed by atoms with E-state index in [1.165, 1.54) is 10.4 Å². The van der Waals surface area contributed by atoms with Crippen LogP contribution in [0.1, 0.15) is 24.0 Å². The lowest BCUT2D eigenvalue weighted by molar-refractivity contribution is -0.121. The lowest BCUT2D eigenvalue weighted by atomic mass is 9.94. The lowest BCUT2D eigenvalue weighted by Gasteiger charge is -2.33. The molecular formula is C25H29N3O5S. The van der Waals surface area contributed by atoms with Crippen LogP contribution in [-0.2, 0) is 37.3 Å². The zero-order valence-electron chi connectivity index (χ0n) is 18.9. The van der Waals surface area contributed by atoms with Crippen molar-refractivity contribution in [2.45, 2.75) is 43.0 Å². The molecule has 2 aliphatic heterocycles. The Hall–Kier alpha value is -3.01. The molecule has 0 spiro atoms. The number of ether oxygens (including phenoxy) is 1. The number of nitrogens with zero attached hydrogens (tertiary/aromatic N) is 1. The number of hydrogen-bond donors (Lipinski definition) is 2. The van der Waals surface area contributed by atoms with E-state index in [0.717, 1.165) is 11.1 Å². The molecule has 2 amide bonds. The fourth-order valence-corrected chi connectivity index (χ4v) is 5.87. The van der Waals surface area contributed by atoms with Crippen LogP contribution in [-0.4, -0.2) is 50.0 Å². The molecule has 2 aromatic rings. The molecule has 2 N–H and O–H groups in total. The Kier molecular flexibility index (Phi) is 7.45. The monoisotopic (exact) mass is 483 g/mol. The molecule has 0 aromatic heterocycles. The Balaban J connectivity index is 1.32. The number of benzene rings is 2. The van der Waals surface area contributed by atoms with E-state index < -0.39 is 16.3 Å². The number of hydrogen-bond acceptors (Lipinski definition) is 5. The van der Waals surface area contributed by atoms with Gasteiger partial charge in [0.2, 0.25) is 21.8 Å². The van der Waals surface area contributed by atoms with Crippen LogP contribution in [0.4, 0.5) is 0 Å². The first-order valence-electron chi connectivity index (χ1n) is 11.3. The molecule has 0 saturated carbocycles. The third-order valence-electron chi connectivity index (χ3n) is 6.26. The van der Waals surface area contributed by atoms with E-state index >= 15 is 0 Å². The minimum absolute atomic E-state index is 0.127. The first-order valence-corrected chi connectivity index (χ1v) is 12.8. The highest BCUT2D eigenvalue weighted by Crippen LogP contribution is 2.34. The summed E-state index contributed by atoms with van der Waals surface area (Å²) in [6, 6.07) is 16.1. The molecule has 4 rings (SSSR count). The van der Waals surface area contributed by atoms with Crippen molar-refractivity contribution in [3.8, 4) is 0 Å². The fraction of sp³-hybridized carbons (Fsp3) is 0.360. The standard InChI is InChI=1S/C25H29N3O5S/c1-2-23(29)27-25-15-20-12-13-28(17-22(20)33-25)34(31,32)21-10-8-18(9-11-21)14-24(30)26-16-19-6-4-3-5-7-19/h2-11,20,22,25H,1,12-17H2,(H,26,30)(H,27,29). The summed E-state index contributed by atoms with van der Waals surface area (Å²) in [5, 5.41) is 5.60. The van der Waals surface area contributed by atoms with E-state index in [0.29, 0.717) is 25.9 Å². The van der Waals surface area contributed by atoms with Gasteiger partial charge in [-0.05, 0) is 48.1 Å². The van der Waals surface area contributed by atoms with Crippen molar-refractivity contribution in [2.24, 2.45) is 5.92 Å². The van der Waals surface area contributed by atoms with E-state index in [1.807, 2.05) is 30.3 Å². The second kappa shape index (κ2) is 10.5. The van der Waals surface area contributed by atoms with Gasteiger partial charge in [-0.15, -0.1) is 0 Å². The zero-order valence-corrected chi connectivity index (χ0v) is 19.7. The van der Waals surface area contributed by atoms with Gasteiger partial charge in [-0.1, -0.05) is 49.0 Å². The molecule has 8 nitrogen and oxygen atoms in total. The largest absolute Gasteiger partial charge is 0.354 e. The number of sulfonamides is 1. The van der Waals surface area contributed by atoms with Gasteiger partial charge in [0, 0.05) is 19.6 Å². The number of rotatable bonds is 8. The van der Waals surface area contributed by atoms with Crippen molar-refractivity contribution in [3.63, 3.8) is 0 Å². The highest BCUT2D eigenvalue weighted by atomic mass is 32.2. The second-order valence-corrected chi connectivity index (χ2v) is 10.5. The number of amides is 2. The van der Waals surface area contributed by atoms with Crippen LogP contribution < -0.4 is 10.6 Å². The van der Waals surface area contributed by atoms with Crippen molar-refractivity contribution < 1.29 is 22.7 Å². The number of fused-ring (bicyclic) bond motifs is 1. The third-order valence-corrected chi connectivity index (χ3v) is 8.14. The summed E-state index contributed by atoms with van der Waals surface area (Å²) < 4.78 is 33.7. The number of carbonyl (C=O) groups excluding carboxylic acids is 2. The molecule has 2 aliphatic rings. The fourth-order valence-electron chi connectivity index (χ4n) is 4.40. The minimum atomic E-state index is -3.69. The van der Waals surface area contributed by atoms with E-state index in [-0.39, 0.29) is 41.7 Å². The van der Waals surface area contributed by atoms with Gasteiger partial charge in [0.15, 0.2) is 0 Å².